The summed E-state index contributed by atoms with van der Waals surface area (Å²) in [5.41, 5.74) is 10.2. The number of nitrogens with one attached hydrogen (secondary N) is 1. The molecule has 1 aliphatic heterocycles. The van der Waals surface area contributed by atoms with Crippen LogP contribution in [0.1, 0.15) is 56.7 Å². The second kappa shape index (κ2) is 8.26. The number of nitrogens with two attached hydrogens (primary N) is 1. The highest BCUT2D eigenvalue weighted by Gasteiger charge is 2.12. The Morgan fingerprint density at radius 1 is 1.38 bits per heavy atom. The quantitative estimate of drug-likeness (QED) is 0.827. The fourth-order valence-electron chi connectivity index (χ4n) is 2.67. The molecule has 3 nitrogen and oxygen atoms in total. The minimum Gasteiger partial charge on any atom is -0.397 e. The summed E-state index contributed by atoms with van der Waals surface area (Å²) in [4.78, 5) is 0. The maximum absolute atomic E-state index is 6.23. The molecule has 1 fully saturated rings. The third-order valence-corrected chi connectivity index (χ3v) is 4.00. The Hall–Kier alpha value is -1.92. The van der Waals surface area contributed by atoms with Gasteiger partial charge in [-0.2, -0.15) is 0 Å². The third-order valence-electron chi connectivity index (χ3n) is 4.00. The zero-order valence-corrected chi connectivity index (χ0v) is 15.4. The van der Waals surface area contributed by atoms with Crippen LogP contribution in [0.15, 0.2) is 24.4 Å². The fraction of sp³-hybridized carbons (Fsp3) is 0.524. The smallest absolute Gasteiger partial charge is 0.0747 e. The van der Waals surface area contributed by atoms with E-state index in [0.717, 1.165) is 42.0 Å². The van der Waals surface area contributed by atoms with Crippen molar-refractivity contribution in [1.82, 2.24) is 5.32 Å². The summed E-state index contributed by atoms with van der Waals surface area (Å²) in [5, 5.41) is 3.30. The van der Waals surface area contributed by atoms with E-state index < -0.39 is 0 Å². The Kier molecular flexibility index (Phi) is 6.34. The van der Waals surface area contributed by atoms with Gasteiger partial charge in [0.2, 0.25) is 0 Å². The summed E-state index contributed by atoms with van der Waals surface area (Å²) in [7, 11) is 0. The Morgan fingerprint density at radius 2 is 2.17 bits per heavy atom. The second-order valence-corrected chi connectivity index (χ2v) is 7.53. The lowest BCUT2D eigenvalue weighted by Crippen LogP contribution is -2.29. The fourth-order valence-corrected chi connectivity index (χ4v) is 2.67. The number of ether oxygens (including phenoxy) is 1. The van der Waals surface area contributed by atoms with Gasteiger partial charge < -0.3 is 15.8 Å². The summed E-state index contributed by atoms with van der Waals surface area (Å²) in [6.07, 6.45) is 5.75. The normalized spacial score (nSPS) is 18.7. The van der Waals surface area contributed by atoms with Gasteiger partial charge in [0.15, 0.2) is 0 Å². The maximum Gasteiger partial charge on any atom is 0.0747 e. The summed E-state index contributed by atoms with van der Waals surface area (Å²) in [5.74, 6) is 6.50. The monoisotopic (exact) mass is 326 g/mol. The molecular weight excluding hydrogens is 296 g/mol. The van der Waals surface area contributed by atoms with E-state index in [2.05, 4.69) is 50.9 Å². The van der Waals surface area contributed by atoms with Crippen molar-refractivity contribution in [3.63, 3.8) is 0 Å². The molecule has 1 aromatic rings. The van der Waals surface area contributed by atoms with Crippen LogP contribution in [-0.2, 0) is 4.74 Å². The molecule has 1 aliphatic rings. The minimum atomic E-state index is 0.0105. The molecule has 1 aromatic carbocycles. The molecule has 1 heterocycles. The molecule has 2 rings (SSSR count). The number of hydrogen-bond acceptors (Lipinski definition) is 3. The molecule has 0 spiro atoms. The molecule has 3 heteroatoms. The van der Waals surface area contributed by atoms with Gasteiger partial charge in [-0.05, 0) is 64.7 Å². The molecule has 1 unspecified atom stereocenters. The maximum atomic E-state index is 6.23. The van der Waals surface area contributed by atoms with Crippen LogP contribution in [0.3, 0.4) is 0 Å². The van der Waals surface area contributed by atoms with Crippen LogP contribution in [0.5, 0.6) is 0 Å². The molecule has 0 bridgehead atoms. The first-order valence-electron chi connectivity index (χ1n) is 8.80. The Labute approximate surface area is 146 Å². The molecular formula is C21H30N2O. The minimum absolute atomic E-state index is 0.0105. The van der Waals surface area contributed by atoms with Crippen LogP contribution < -0.4 is 11.1 Å². The molecule has 0 amide bonds. The lowest BCUT2D eigenvalue weighted by Gasteiger charge is -2.22. The first kappa shape index (κ1) is 18.4. The standard InChI is InChI=1S/C21H30N2O/c1-16-13-17(10-11-21(2,3)4)8-9-19(16)20(22)15-23-14-18-7-5-6-12-24-18/h8-9,13,15,18,23H,5-7,12,14,22H2,1-4H3/b20-15-. The largest absolute Gasteiger partial charge is 0.397 e. The predicted molar refractivity (Wildman–Crippen MR) is 101 cm³/mol. The summed E-state index contributed by atoms with van der Waals surface area (Å²) in [6, 6.07) is 6.18. The highest BCUT2D eigenvalue weighted by atomic mass is 16.5. The molecule has 1 atom stereocenters. The van der Waals surface area contributed by atoms with E-state index in [0.29, 0.717) is 6.10 Å². The molecule has 3 N–H and O–H groups in total. The highest BCUT2D eigenvalue weighted by Crippen LogP contribution is 2.17. The van der Waals surface area contributed by atoms with Gasteiger partial charge in [0.25, 0.3) is 0 Å². The van der Waals surface area contributed by atoms with Gasteiger partial charge in [-0.25, -0.2) is 0 Å². The van der Waals surface area contributed by atoms with Crippen LogP contribution in [0.25, 0.3) is 5.70 Å². The Morgan fingerprint density at radius 3 is 2.79 bits per heavy atom. The topological polar surface area (TPSA) is 47.3 Å². The van der Waals surface area contributed by atoms with Crippen molar-refractivity contribution in [2.24, 2.45) is 11.1 Å². The molecule has 0 radical (unpaired) electrons. The first-order valence-corrected chi connectivity index (χ1v) is 8.80. The van der Waals surface area contributed by atoms with Crippen molar-refractivity contribution >= 4 is 5.70 Å². The van der Waals surface area contributed by atoms with Gasteiger partial charge in [0.1, 0.15) is 0 Å². The van der Waals surface area contributed by atoms with E-state index in [9.17, 15) is 0 Å². The van der Waals surface area contributed by atoms with Crippen molar-refractivity contribution < 1.29 is 4.74 Å². The zero-order chi connectivity index (χ0) is 17.6. The van der Waals surface area contributed by atoms with E-state index in [1.54, 1.807) is 0 Å². The van der Waals surface area contributed by atoms with Crippen LogP contribution in [0, 0.1) is 24.2 Å². The second-order valence-electron chi connectivity index (χ2n) is 7.53. The number of benzene rings is 1. The van der Waals surface area contributed by atoms with E-state index in [1.807, 2.05) is 18.3 Å². The molecule has 0 saturated carbocycles. The van der Waals surface area contributed by atoms with E-state index >= 15 is 0 Å². The SMILES string of the molecule is Cc1cc(C#CC(C)(C)C)ccc1/C(N)=C/NCC1CCCCO1. The van der Waals surface area contributed by atoms with Crippen LogP contribution in [-0.4, -0.2) is 19.3 Å². The lowest BCUT2D eigenvalue weighted by molar-refractivity contribution is 0.0188. The molecule has 0 aliphatic carbocycles. The average Bonchev–Trinajstić information content (AvgIpc) is 2.53. The summed E-state index contributed by atoms with van der Waals surface area (Å²) in [6.45, 7) is 10.1. The number of aryl methyl sites for hydroxylation is 1. The van der Waals surface area contributed by atoms with E-state index in [4.69, 9.17) is 10.5 Å². The van der Waals surface area contributed by atoms with Crippen molar-refractivity contribution in [2.45, 2.75) is 53.1 Å². The molecule has 130 valence electrons. The first-order chi connectivity index (χ1) is 11.3. The van der Waals surface area contributed by atoms with Crippen molar-refractivity contribution in [3.8, 4) is 11.8 Å². The predicted octanol–water partition coefficient (Wildman–Crippen LogP) is 3.81. The summed E-state index contributed by atoms with van der Waals surface area (Å²) >= 11 is 0. The van der Waals surface area contributed by atoms with E-state index in [1.165, 1.54) is 12.8 Å². The summed E-state index contributed by atoms with van der Waals surface area (Å²) < 4.78 is 5.71. The molecule has 0 aromatic heterocycles. The third kappa shape index (κ3) is 5.94. The molecule has 24 heavy (non-hydrogen) atoms. The van der Waals surface area contributed by atoms with Gasteiger partial charge in [0, 0.05) is 35.9 Å². The van der Waals surface area contributed by atoms with Crippen LogP contribution in [0.2, 0.25) is 0 Å². The van der Waals surface area contributed by atoms with Gasteiger partial charge in [-0.15, -0.1) is 0 Å². The van der Waals surface area contributed by atoms with E-state index in [-0.39, 0.29) is 5.41 Å². The molecule has 1 saturated heterocycles. The van der Waals surface area contributed by atoms with Gasteiger partial charge >= 0.3 is 0 Å². The average molecular weight is 326 g/mol. The number of hydrogen-bond donors (Lipinski definition) is 2. The number of rotatable bonds is 4. The highest BCUT2D eigenvalue weighted by molar-refractivity contribution is 5.66. The Bertz CT molecular complexity index is 638. The van der Waals surface area contributed by atoms with Crippen LogP contribution in [0.4, 0.5) is 0 Å². The van der Waals surface area contributed by atoms with Gasteiger partial charge in [-0.1, -0.05) is 17.9 Å². The Balaban J connectivity index is 1.99. The van der Waals surface area contributed by atoms with Crippen molar-refractivity contribution in [2.75, 3.05) is 13.2 Å². The van der Waals surface area contributed by atoms with Crippen molar-refractivity contribution in [1.29, 1.82) is 0 Å². The van der Waals surface area contributed by atoms with Gasteiger partial charge in [-0.3, -0.25) is 0 Å². The zero-order valence-electron chi connectivity index (χ0n) is 15.4. The van der Waals surface area contributed by atoms with Crippen LogP contribution >= 0.6 is 0 Å². The van der Waals surface area contributed by atoms with Crippen molar-refractivity contribution in [3.05, 3.63) is 41.1 Å². The van der Waals surface area contributed by atoms with Gasteiger partial charge in [0.05, 0.1) is 11.8 Å². The lowest BCUT2D eigenvalue weighted by atomic mass is 9.96.